The quantitative estimate of drug-likeness (QED) is 0.552. The summed E-state index contributed by atoms with van der Waals surface area (Å²) in [5.74, 6) is 0.153. The number of nitrogens with one attached hydrogen (secondary N) is 2. The molecular formula is C25H30N4O3S. The zero-order chi connectivity index (χ0) is 23.4. The topological polar surface area (TPSA) is 95.2 Å². The van der Waals surface area contributed by atoms with E-state index in [0.717, 1.165) is 22.4 Å². The van der Waals surface area contributed by atoms with Gasteiger partial charge in [0.1, 0.15) is 0 Å². The number of aromatic nitrogens is 2. The molecule has 0 aliphatic carbocycles. The number of sulfonamides is 1. The summed E-state index contributed by atoms with van der Waals surface area (Å²) in [7, 11) is -3.54. The van der Waals surface area contributed by atoms with Crippen LogP contribution in [0.4, 0.5) is 0 Å². The van der Waals surface area contributed by atoms with Crippen LogP contribution in [0.15, 0.2) is 65.7 Å². The predicted octanol–water partition coefficient (Wildman–Crippen LogP) is 3.92. The first-order valence-electron chi connectivity index (χ1n) is 11.3. The molecule has 33 heavy (non-hydrogen) atoms. The van der Waals surface area contributed by atoms with Crippen molar-refractivity contribution >= 4 is 15.9 Å². The van der Waals surface area contributed by atoms with E-state index < -0.39 is 10.0 Å². The molecular weight excluding hydrogens is 436 g/mol. The van der Waals surface area contributed by atoms with Crippen molar-refractivity contribution in [3.63, 3.8) is 0 Å². The molecule has 2 heterocycles. The number of nitrogens with zero attached hydrogens (tertiary/aromatic N) is 2. The lowest BCUT2D eigenvalue weighted by Gasteiger charge is -2.30. The van der Waals surface area contributed by atoms with Gasteiger partial charge in [0.2, 0.25) is 15.9 Å². The number of hydrogen-bond acceptors (Lipinski definition) is 4. The van der Waals surface area contributed by atoms with E-state index in [4.69, 9.17) is 0 Å². The standard InChI is InChI=1S/C25H30N4O3S/c1-18(2)20-7-9-23(10-8-20)33(31,32)29-15-12-22(13-16-29)25(30)26-17-19-3-5-21(6-4-19)24-11-14-27-28-24/h3-11,14,18,22H,12-13,15-17H2,1-2H3,(H,26,30)(H,27,28). The number of amides is 1. The molecule has 174 valence electrons. The average Bonchev–Trinajstić information content (AvgIpc) is 3.38. The van der Waals surface area contributed by atoms with E-state index in [1.165, 1.54) is 4.31 Å². The molecule has 0 bridgehead atoms. The first kappa shape index (κ1) is 23.2. The summed E-state index contributed by atoms with van der Waals surface area (Å²) in [6.07, 6.45) is 2.75. The molecule has 0 saturated carbocycles. The van der Waals surface area contributed by atoms with Gasteiger partial charge >= 0.3 is 0 Å². The van der Waals surface area contributed by atoms with Crippen LogP contribution in [0.25, 0.3) is 11.3 Å². The third-order valence-electron chi connectivity index (χ3n) is 6.24. The van der Waals surface area contributed by atoms with Gasteiger partial charge in [-0.25, -0.2) is 8.42 Å². The van der Waals surface area contributed by atoms with Gasteiger partial charge in [-0.1, -0.05) is 50.2 Å². The molecule has 1 aromatic heterocycles. The van der Waals surface area contributed by atoms with Gasteiger partial charge in [0.15, 0.2) is 0 Å². The normalized spacial score (nSPS) is 15.6. The van der Waals surface area contributed by atoms with Crippen molar-refractivity contribution in [2.75, 3.05) is 13.1 Å². The Balaban J connectivity index is 1.28. The molecule has 0 radical (unpaired) electrons. The third-order valence-corrected chi connectivity index (χ3v) is 8.15. The molecule has 0 unspecified atom stereocenters. The summed E-state index contributed by atoms with van der Waals surface area (Å²) in [5, 5.41) is 9.89. The largest absolute Gasteiger partial charge is 0.352 e. The van der Waals surface area contributed by atoms with Crippen LogP contribution in [-0.2, 0) is 21.4 Å². The highest BCUT2D eigenvalue weighted by Gasteiger charge is 2.32. The first-order valence-corrected chi connectivity index (χ1v) is 12.7. The lowest BCUT2D eigenvalue weighted by Crippen LogP contribution is -2.42. The van der Waals surface area contributed by atoms with Crippen LogP contribution < -0.4 is 5.32 Å². The minimum absolute atomic E-state index is 0.0222. The maximum absolute atomic E-state index is 13.0. The van der Waals surface area contributed by atoms with E-state index in [2.05, 4.69) is 29.4 Å². The fourth-order valence-electron chi connectivity index (χ4n) is 4.08. The third kappa shape index (κ3) is 5.34. The van der Waals surface area contributed by atoms with Crippen molar-refractivity contribution in [1.82, 2.24) is 19.8 Å². The van der Waals surface area contributed by atoms with Crippen LogP contribution in [-0.4, -0.2) is 41.9 Å². The SMILES string of the molecule is CC(C)c1ccc(S(=O)(=O)N2CCC(C(=O)NCc3ccc(-c4ccn[nH]4)cc3)CC2)cc1. The maximum atomic E-state index is 13.0. The fraction of sp³-hybridized carbons (Fsp3) is 0.360. The second-order valence-corrected chi connectivity index (χ2v) is 10.7. The summed E-state index contributed by atoms with van der Waals surface area (Å²) in [4.78, 5) is 13.0. The van der Waals surface area contributed by atoms with E-state index in [1.807, 2.05) is 42.5 Å². The molecule has 1 aliphatic heterocycles. The van der Waals surface area contributed by atoms with E-state index in [-0.39, 0.29) is 11.8 Å². The van der Waals surface area contributed by atoms with E-state index in [9.17, 15) is 13.2 Å². The van der Waals surface area contributed by atoms with Crippen LogP contribution in [0, 0.1) is 5.92 Å². The lowest BCUT2D eigenvalue weighted by atomic mass is 9.97. The Morgan fingerprint density at radius 1 is 1.06 bits per heavy atom. The van der Waals surface area contributed by atoms with Gasteiger partial charge in [-0.15, -0.1) is 0 Å². The number of rotatable bonds is 7. The highest BCUT2D eigenvalue weighted by molar-refractivity contribution is 7.89. The highest BCUT2D eigenvalue weighted by Crippen LogP contribution is 2.25. The van der Waals surface area contributed by atoms with Crippen LogP contribution in [0.3, 0.4) is 0 Å². The molecule has 4 rings (SSSR count). The maximum Gasteiger partial charge on any atom is 0.243 e. The van der Waals surface area contributed by atoms with Gasteiger partial charge in [-0.3, -0.25) is 9.89 Å². The second-order valence-electron chi connectivity index (χ2n) is 8.79. The van der Waals surface area contributed by atoms with Crippen molar-refractivity contribution < 1.29 is 13.2 Å². The minimum Gasteiger partial charge on any atom is -0.352 e. The minimum atomic E-state index is -3.54. The Morgan fingerprint density at radius 3 is 2.30 bits per heavy atom. The summed E-state index contributed by atoms with van der Waals surface area (Å²) in [5.41, 5.74) is 4.11. The molecule has 3 aromatic rings. The Bertz CT molecular complexity index is 1160. The van der Waals surface area contributed by atoms with Crippen LogP contribution in [0.5, 0.6) is 0 Å². The molecule has 2 N–H and O–H groups in total. The molecule has 0 atom stereocenters. The average molecular weight is 467 g/mol. The predicted molar refractivity (Wildman–Crippen MR) is 128 cm³/mol. The van der Waals surface area contributed by atoms with E-state index >= 15 is 0 Å². The fourth-order valence-corrected chi connectivity index (χ4v) is 5.55. The van der Waals surface area contributed by atoms with Crippen LogP contribution in [0.2, 0.25) is 0 Å². The molecule has 7 nitrogen and oxygen atoms in total. The van der Waals surface area contributed by atoms with Gasteiger partial charge < -0.3 is 5.32 Å². The number of carbonyl (C=O) groups excluding carboxylic acids is 1. The van der Waals surface area contributed by atoms with Crippen molar-refractivity contribution in [1.29, 1.82) is 0 Å². The second kappa shape index (κ2) is 9.89. The molecule has 0 spiro atoms. The van der Waals surface area contributed by atoms with Crippen molar-refractivity contribution in [2.24, 2.45) is 5.92 Å². The smallest absolute Gasteiger partial charge is 0.243 e. The summed E-state index contributed by atoms with van der Waals surface area (Å²) < 4.78 is 27.5. The van der Waals surface area contributed by atoms with Gasteiger partial charge in [0.25, 0.3) is 0 Å². The van der Waals surface area contributed by atoms with Crippen molar-refractivity contribution in [3.05, 3.63) is 71.9 Å². The Hall–Kier alpha value is -2.97. The zero-order valence-corrected chi connectivity index (χ0v) is 19.8. The Labute approximate surface area is 195 Å². The number of H-pyrrole nitrogens is 1. The Morgan fingerprint density at radius 2 is 1.73 bits per heavy atom. The van der Waals surface area contributed by atoms with Crippen LogP contribution >= 0.6 is 0 Å². The molecule has 1 amide bonds. The number of benzene rings is 2. The van der Waals surface area contributed by atoms with Gasteiger partial charge in [0.05, 0.1) is 10.6 Å². The number of piperidine rings is 1. The van der Waals surface area contributed by atoms with Gasteiger partial charge in [-0.05, 0) is 53.6 Å². The molecule has 1 saturated heterocycles. The Kier molecular flexibility index (Phi) is 6.95. The van der Waals surface area contributed by atoms with E-state index in [1.54, 1.807) is 18.3 Å². The molecule has 8 heteroatoms. The molecule has 1 fully saturated rings. The van der Waals surface area contributed by atoms with Crippen LogP contribution in [0.1, 0.15) is 43.7 Å². The lowest BCUT2D eigenvalue weighted by molar-refractivity contribution is -0.126. The zero-order valence-electron chi connectivity index (χ0n) is 19.0. The number of hydrogen-bond donors (Lipinski definition) is 2. The number of carbonyl (C=O) groups is 1. The number of aromatic amines is 1. The first-order chi connectivity index (χ1) is 15.8. The van der Waals surface area contributed by atoms with E-state index in [0.29, 0.717) is 43.3 Å². The van der Waals surface area contributed by atoms with Gasteiger partial charge in [-0.2, -0.15) is 9.40 Å². The molecule has 1 aliphatic rings. The highest BCUT2D eigenvalue weighted by atomic mass is 32.2. The summed E-state index contributed by atoms with van der Waals surface area (Å²) in [6.45, 7) is 5.31. The molecule has 2 aromatic carbocycles. The summed E-state index contributed by atoms with van der Waals surface area (Å²) >= 11 is 0. The van der Waals surface area contributed by atoms with Gasteiger partial charge in [0, 0.05) is 31.7 Å². The summed E-state index contributed by atoms with van der Waals surface area (Å²) in [6, 6.07) is 17.0. The van der Waals surface area contributed by atoms with Crippen molar-refractivity contribution in [3.8, 4) is 11.3 Å². The monoisotopic (exact) mass is 466 g/mol. The van der Waals surface area contributed by atoms with Crippen molar-refractivity contribution in [2.45, 2.75) is 44.0 Å².